The van der Waals surface area contributed by atoms with Crippen molar-refractivity contribution < 1.29 is 14.3 Å². The van der Waals surface area contributed by atoms with Crippen molar-refractivity contribution in [3.8, 4) is 5.75 Å². The number of aromatic nitrogens is 2. The molecule has 1 heterocycles. The standard InChI is InChI=1S/C21H23N3O4S/c1-27-13-7-12-24-20(26)15-8-3-4-9-16(15)23-21(24)29-14-19(25)22-17-10-5-6-11-18(17)28-2/h3-6,8-11H,7,12-14H2,1-2H3,(H,22,25). The van der Waals surface area contributed by atoms with Gasteiger partial charge >= 0.3 is 0 Å². The molecule has 0 saturated heterocycles. The first-order valence-corrected chi connectivity index (χ1v) is 10.2. The van der Waals surface area contributed by atoms with Crippen molar-refractivity contribution in [1.29, 1.82) is 0 Å². The summed E-state index contributed by atoms with van der Waals surface area (Å²) in [5.74, 6) is 0.504. The highest BCUT2D eigenvalue weighted by atomic mass is 32.2. The van der Waals surface area contributed by atoms with E-state index in [9.17, 15) is 9.59 Å². The Balaban J connectivity index is 1.80. The third-order valence-corrected chi connectivity index (χ3v) is 5.25. The van der Waals surface area contributed by atoms with Gasteiger partial charge in [-0.1, -0.05) is 36.0 Å². The Morgan fingerprint density at radius 1 is 1.14 bits per heavy atom. The highest BCUT2D eigenvalue weighted by Crippen LogP contribution is 2.24. The predicted octanol–water partition coefficient (Wildman–Crippen LogP) is 3.17. The van der Waals surface area contributed by atoms with E-state index in [1.54, 1.807) is 43.1 Å². The zero-order valence-electron chi connectivity index (χ0n) is 16.4. The number of nitrogens with zero attached hydrogens (tertiary/aromatic N) is 2. The number of methoxy groups -OCH3 is 2. The number of thioether (sulfide) groups is 1. The molecule has 152 valence electrons. The number of hydrogen-bond donors (Lipinski definition) is 1. The molecular formula is C21H23N3O4S. The zero-order valence-corrected chi connectivity index (χ0v) is 17.2. The minimum atomic E-state index is -0.203. The van der Waals surface area contributed by atoms with E-state index in [0.717, 1.165) is 0 Å². The number of ether oxygens (including phenoxy) is 2. The lowest BCUT2D eigenvalue weighted by Crippen LogP contribution is -2.25. The number of fused-ring (bicyclic) bond motifs is 1. The van der Waals surface area contributed by atoms with Gasteiger partial charge in [0.25, 0.3) is 5.56 Å². The Labute approximate surface area is 173 Å². The minimum Gasteiger partial charge on any atom is -0.495 e. The number of carbonyl (C=O) groups is 1. The Morgan fingerprint density at radius 3 is 2.69 bits per heavy atom. The number of para-hydroxylation sites is 3. The molecule has 0 bridgehead atoms. The molecule has 2 aromatic carbocycles. The molecule has 7 nitrogen and oxygen atoms in total. The van der Waals surface area contributed by atoms with E-state index < -0.39 is 0 Å². The van der Waals surface area contributed by atoms with Gasteiger partial charge < -0.3 is 14.8 Å². The first kappa shape index (κ1) is 20.9. The van der Waals surface area contributed by atoms with Crippen LogP contribution in [0.15, 0.2) is 58.5 Å². The number of benzene rings is 2. The number of carbonyl (C=O) groups excluding carboxylic acids is 1. The van der Waals surface area contributed by atoms with E-state index in [1.165, 1.54) is 11.8 Å². The fourth-order valence-electron chi connectivity index (χ4n) is 2.89. The molecule has 0 aliphatic heterocycles. The second-order valence-electron chi connectivity index (χ2n) is 6.25. The van der Waals surface area contributed by atoms with Crippen LogP contribution in [0.2, 0.25) is 0 Å². The maximum atomic E-state index is 12.9. The average Bonchev–Trinajstić information content (AvgIpc) is 2.74. The number of hydrogen-bond acceptors (Lipinski definition) is 6. The number of rotatable bonds is 9. The van der Waals surface area contributed by atoms with E-state index >= 15 is 0 Å². The van der Waals surface area contributed by atoms with Gasteiger partial charge in [0.2, 0.25) is 5.91 Å². The van der Waals surface area contributed by atoms with Crippen molar-refractivity contribution in [3.05, 3.63) is 58.9 Å². The Kier molecular flexibility index (Phi) is 7.26. The van der Waals surface area contributed by atoms with Gasteiger partial charge in [0.05, 0.1) is 29.5 Å². The second kappa shape index (κ2) is 10.1. The summed E-state index contributed by atoms with van der Waals surface area (Å²) in [5, 5.41) is 3.91. The maximum absolute atomic E-state index is 12.9. The molecule has 29 heavy (non-hydrogen) atoms. The van der Waals surface area contributed by atoms with Crippen molar-refractivity contribution in [2.75, 3.05) is 31.9 Å². The van der Waals surface area contributed by atoms with E-state index in [0.29, 0.717) is 47.1 Å². The van der Waals surface area contributed by atoms with Gasteiger partial charge in [-0.2, -0.15) is 0 Å². The minimum absolute atomic E-state index is 0.112. The van der Waals surface area contributed by atoms with Crippen LogP contribution in [-0.2, 0) is 16.1 Å². The van der Waals surface area contributed by atoms with Gasteiger partial charge in [0.15, 0.2) is 5.16 Å². The van der Waals surface area contributed by atoms with Crippen LogP contribution in [-0.4, -0.2) is 42.0 Å². The molecule has 1 amide bonds. The number of amides is 1. The third-order valence-electron chi connectivity index (χ3n) is 4.27. The highest BCUT2D eigenvalue weighted by molar-refractivity contribution is 7.99. The SMILES string of the molecule is COCCCn1c(SCC(=O)Nc2ccccc2OC)nc2ccccc2c1=O. The van der Waals surface area contributed by atoms with Gasteiger partial charge in [0.1, 0.15) is 5.75 Å². The van der Waals surface area contributed by atoms with E-state index in [-0.39, 0.29) is 17.2 Å². The van der Waals surface area contributed by atoms with Crippen LogP contribution in [0.3, 0.4) is 0 Å². The summed E-state index contributed by atoms with van der Waals surface area (Å²) in [4.78, 5) is 30.0. The first-order valence-electron chi connectivity index (χ1n) is 9.18. The Hall–Kier alpha value is -2.84. The van der Waals surface area contributed by atoms with Crippen molar-refractivity contribution in [3.63, 3.8) is 0 Å². The summed E-state index contributed by atoms with van der Waals surface area (Å²) in [6, 6.07) is 14.4. The van der Waals surface area contributed by atoms with Crippen LogP contribution in [0.1, 0.15) is 6.42 Å². The lowest BCUT2D eigenvalue weighted by Gasteiger charge is -2.13. The molecule has 0 aliphatic rings. The summed E-state index contributed by atoms with van der Waals surface area (Å²) in [6.07, 6.45) is 0.678. The molecular weight excluding hydrogens is 390 g/mol. The summed E-state index contributed by atoms with van der Waals surface area (Å²) < 4.78 is 12.0. The normalized spacial score (nSPS) is 10.8. The summed E-state index contributed by atoms with van der Waals surface area (Å²) in [6.45, 7) is 1.01. The molecule has 3 aromatic rings. The topological polar surface area (TPSA) is 82.4 Å². The fraction of sp³-hybridized carbons (Fsp3) is 0.286. The van der Waals surface area contributed by atoms with Crippen molar-refractivity contribution in [1.82, 2.24) is 9.55 Å². The van der Waals surface area contributed by atoms with E-state index in [1.807, 2.05) is 24.3 Å². The van der Waals surface area contributed by atoms with Crippen LogP contribution in [0.25, 0.3) is 10.9 Å². The van der Waals surface area contributed by atoms with Crippen LogP contribution < -0.4 is 15.6 Å². The molecule has 0 unspecified atom stereocenters. The van der Waals surface area contributed by atoms with Crippen LogP contribution >= 0.6 is 11.8 Å². The van der Waals surface area contributed by atoms with Crippen LogP contribution in [0.5, 0.6) is 5.75 Å². The quantitative estimate of drug-likeness (QED) is 0.330. The molecule has 8 heteroatoms. The maximum Gasteiger partial charge on any atom is 0.262 e. The molecule has 0 atom stereocenters. The van der Waals surface area contributed by atoms with Crippen molar-refractivity contribution >= 4 is 34.3 Å². The van der Waals surface area contributed by atoms with Crippen LogP contribution in [0, 0.1) is 0 Å². The largest absolute Gasteiger partial charge is 0.495 e. The molecule has 0 saturated carbocycles. The predicted molar refractivity (Wildman–Crippen MR) is 115 cm³/mol. The molecule has 0 radical (unpaired) electrons. The molecule has 1 aromatic heterocycles. The number of nitrogens with one attached hydrogen (secondary N) is 1. The first-order chi connectivity index (χ1) is 14.1. The Bertz CT molecular complexity index is 1050. The lowest BCUT2D eigenvalue weighted by molar-refractivity contribution is -0.113. The average molecular weight is 413 g/mol. The third kappa shape index (κ3) is 5.16. The van der Waals surface area contributed by atoms with Crippen LogP contribution in [0.4, 0.5) is 5.69 Å². The van der Waals surface area contributed by atoms with Crippen molar-refractivity contribution in [2.45, 2.75) is 18.1 Å². The second-order valence-corrected chi connectivity index (χ2v) is 7.19. The van der Waals surface area contributed by atoms with E-state index in [4.69, 9.17) is 9.47 Å². The van der Waals surface area contributed by atoms with Gasteiger partial charge in [-0.25, -0.2) is 4.98 Å². The van der Waals surface area contributed by atoms with Gasteiger partial charge in [-0.05, 0) is 30.7 Å². The zero-order chi connectivity index (χ0) is 20.6. The number of anilines is 1. The van der Waals surface area contributed by atoms with Crippen molar-refractivity contribution in [2.24, 2.45) is 0 Å². The summed E-state index contributed by atoms with van der Waals surface area (Å²) >= 11 is 1.23. The molecule has 3 rings (SSSR count). The van der Waals surface area contributed by atoms with Gasteiger partial charge in [-0.15, -0.1) is 0 Å². The monoisotopic (exact) mass is 413 g/mol. The van der Waals surface area contributed by atoms with E-state index in [2.05, 4.69) is 10.3 Å². The lowest BCUT2D eigenvalue weighted by atomic mass is 10.2. The molecule has 0 aliphatic carbocycles. The summed E-state index contributed by atoms with van der Waals surface area (Å²) in [7, 11) is 3.18. The fourth-order valence-corrected chi connectivity index (χ4v) is 3.71. The van der Waals surface area contributed by atoms with Gasteiger partial charge in [0, 0.05) is 20.3 Å². The molecule has 0 spiro atoms. The van der Waals surface area contributed by atoms with Gasteiger partial charge in [-0.3, -0.25) is 14.2 Å². The smallest absolute Gasteiger partial charge is 0.262 e. The Morgan fingerprint density at radius 2 is 1.90 bits per heavy atom. The molecule has 0 fully saturated rings. The highest BCUT2D eigenvalue weighted by Gasteiger charge is 2.14. The summed E-state index contributed by atoms with van der Waals surface area (Å²) in [5.41, 5.74) is 1.11. The molecule has 1 N–H and O–H groups in total.